The summed E-state index contributed by atoms with van der Waals surface area (Å²) in [7, 11) is -3.98. The van der Waals surface area contributed by atoms with Crippen LogP contribution in [0.4, 0.5) is 0 Å². The lowest BCUT2D eigenvalue weighted by Gasteiger charge is -2.19. The largest absolute Gasteiger partial charge is 0.352 e. The van der Waals surface area contributed by atoms with Crippen LogP contribution < -0.4 is 16.6 Å². The fraction of sp³-hybridized carbons (Fsp3) is 0.212. The summed E-state index contributed by atoms with van der Waals surface area (Å²) in [5.41, 5.74) is 1.45. The molecule has 0 radical (unpaired) electrons. The Bertz CT molecular complexity index is 2160. The van der Waals surface area contributed by atoms with Gasteiger partial charge in [-0.1, -0.05) is 85.4 Å². The van der Waals surface area contributed by atoms with E-state index in [1.807, 2.05) is 52.9 Å². The summed E-state index contributed by atoms with van der Waals surface area (Å²) in [5, 5.41) is 3.57. The van der Waals surface area contributed by atoms with E-state index in [4.69, 9.17) is 0 Å². The number of carbonyl (C=O) groups excluding carboxylic acids is 1. The molecule has 46 heavy (non-hydrogen) atoms. The first-order chi connectivity index (χ1) is 21.8. The quantitative estimate of drug-likeness (QED) is 0.160. The number of benzene rings is 2. The monoisotopic (exact) mass is 677 g/mol. The summed E-state index contributed by atoms with van der Waals surface area (Å²) >= 11 is 1.37. The maximum atomic E-state index is 13.9. The van der Waals surface area contributed by atoms with Gasteiger partial charge in [0.25, 0.3) is 11.5 Å². The number of imidazole rings is 1. The Hall–Kier alpha value is -4.39. The number of hydrogen-bond donors (Lipinski definition) is 1. The van der Waals surface area contributed by atoms with Crippen LogP contribution in [0.15, 0.2) is 110 Å². The van der Waals surface area contributed by atoms with Crippen LogP contribution in [0.1, 0.15) is 31.0 Å². The van der Waals surface area contributed by atoms with Crippen LogP contribution in [0.2, 0.25) is 0 Å². The Morgan fingerprint density at radius 2 is 1.63 bits per heavy atom. The van der Waals surface area contributed by atoms with Gasteiger partial charge < -0.3 is 5.32 Å². The number of thioether (sulfide) groups is 1. The first-order valence-corrected chi connectivity index (χ1v) is 17.1. The first-order valence-electron chi connectivity index (χ1n) is 14.6. The van der Waals surface area contributed by atoms with Gasteiger partial charge in [0, 0.05) is 13.1 Å². The Kier molecular flexibility index (Phi) is 10.00. The molecule has 1 aliphatic rings. The van der Waals surface area contributed by atoms with E-state index in [0.29, 0.717) is 29.9 Å². The summed E-state index contributed by atoms with van der Waals surface area (Å²) in [6.45, 7) is 1.88. The number of sulfone groups is 1. The van der Waals surface area contributed by atoms with E-state index in [-0.39, 0.29) is 47.7 Å². The summed E-state index contributed by atoms with van der Waals surface area (Å²) in [6, 6.07) is 23.4. The third kappa shape index (κ3) is 6.46. The molecule has 0 fully saturated rings. The summed E-state index contributed by atoms with van der Waals surface area (Å²) in [6.07, 6.45) is 4.44. The van der Waals surface area contributed by atoms with Crippen LogP contribution in [0.5, 0.6) is 0 Å². The molecule has 1 aliphatic heterocycles. The Morgan fingerprint density at radius 1 is 0.913 bits per heavy atom. The second-order valence-corrected chi connectivity index (χ2v) is 13.8. The van der Waals surface area contributed by atoms with E-state index in [1.165, 1.54) is 23.3 Å². The molecular weight excluding hydrogens is 646 g/mol. The van der Waals surface area contributed by atoms with Crippen LogP contribution in [-0.2, 0) is 27.7 Å². The van der Waals surface area contributed by atoms with E-state index < -0.39 is 21.1 Å². The van der Waals surface area contributed by atoms with Crippen LogP contribution in [0, 0.1) is 0 Å². The lowest BCUT2D eigenvalue weighted by Crippen LogP contribution is -2.44. The van der Waals surface area contributed by atoms with Gasteiger partial charge in [-0.15, -0.1) is 12.4 Å². The highest BCUT2D eigenvalue weighted by Gasteiger charge is 2.29. The molecule has 0 saturated carbocycles. The number of amides is 1. The molecule has 0 aliphatic carbocycles. The molecule has 6 rings (SSSR count). The second-order valence-electron chi connectivity index (χ2n) is 10.6. The molecule has 10 nitrogen and oxygen atoms in total. The molecular formula is C33H32ClN5O5S2. The van der Waals surface area contributed by atoms with E-state index in [2.05, 4.69) is 10.3 Å². The maximum absolute atomic E-state index is 13.9. The minimum atomic E-state index is -3.98. The summed E-state index contributed by atoms with van der Waals surface area (Å²) in [5.74, 6) is -0.483. The van der Waals surface area contributed by atoms with Crippen molar-refractivity contribution >= 4 is 51.6 Å². The van der Waals surface area contributed by atoms with Crippen molar-refractivity contribution in [1.82, 2.24) is 23.8 Å². The molecule has 0 bridgehead atoms. The Balaban J connectivity index is 0.00000417. The molecule has 0 saturated heterocycles. The Morgan fingerprint density at radius 3 is 2.35 bits per heavy atom. The van der Waals surface area contributed by atoms with Gasteiger partial charge in [-0.25, -0.2) is 18.2 Å². The van der Waals surface area contributed by atoms with E-state index in [9.17, 15) is 22.8 Å². The smallest absolute Gasteiger partial charge is 0.332 e. The lowest BCUT2D eigenvalue weighted by molar-refractivity contribution is -0.116. The number of nitrogens with one attached hydrogen (secondary N) is 1. The predicted molar refractivity (Wildman–Crippen MR) is 182 cm³/mol. The van der Waals surface area contributed by atoms with Gasteiger partial charge >= 0.3 is 5.69 Å². The van der Waals surface area contributed by atoms with Crippen LogP contribution in [-0.4, -0.2) is 45.1 Å². The topological polar surface area (TPSA) is 125 Å². The number of carbonyl (C=O) groups is 1. The van der Waals surface area contributed by atoms with Gasteiger partial charge in [0.05, 0.1) is 39.7 Å². The van der Waals surface area contributed by atoms with Crippen LogP contribution in [0.25, 0.3) is 22.9 Å². The van der Waals surface area contributed by atoms with Crippen molar-refractivity contribution in [3.63, 3.8) is 0 Å². The molecule has 238 valence electrons. The third-order valence-corrected chi connectivity index (χ3v) is 10.5. The molecule has 0 atom stereocenters. The minimum absolute atomic E-state index is 0. The zero-order valence-electron chi connectivity index (χ0n) is 25.0. The van der Waals surface area contributed by atoms with Gasteiger partial charge in [0.2, 0.25) is 0 Å². The first kappa shape index (κ1) is 33.0. The SMILES string of the molecule is CCS(=O)(=O)c1c(-c2ccccc2)c(=O)n(CCCCNC(=O)C2=Cc3cnc4cccc(n34)S2)c(=O)n1Cc1ccccc1.Cl. The normalized spacial score (nSPS) is 12.4. The molecule has 4 heterocycles. The average molecular weight is 678 g/mol. The standard InChI is InChI=1S/C33H31N5O5S2.ClH/c1-2-45(42,43)32-29(24-14-7-4-8-15-24)31(40)36(33(41)37(32)22-23-12-5-3-6-13-23)19-10-9-18-34-30(39)26-20-25-21-35-27-16-11-17-28(44-26)38(25)27;/h3-8,11-17,20-21H,2,9-10,18-19,22H2,1H3,(H,34,39);1H. The molecule has 13 heteroatoms. The number of hydrogen-bond acceptors (Lipinski definition) is 7. The fourth-order valence-corrected chi connectivity index (χ4v) is 7.65. The zero-order chi connectivity index (χ0) is 31.6. The zero-order valence-corrected chi connectivity index (χ0v) is 27.4. The molecule has 2 aromatic carbocycles. The van der Waals surface area contributed by atoms with Crippen LogP contribution >= 0.6 is 24.2 Å². The number of rotatable bonds is 11. The van der Waals surface area contributed by atoms with Gasteiger partial charge in [-0.2, -0.15) is 0 Å². The van der Waals surface area contributed by atoms with Gasteiger partial charge in [-0.3, -0.25) is 23.1 Å². The number of pyridine rings is 1. The minimum Gasteiger partial charge on any atom is -0.352 e. The van der Waals surface area contributed by atoms with Crippen molar-refractivity contribution < 1.29 is 13.2 Å². The van der Waals surface area contributed by atoms with Gasteiger partial charge in [0.15, 0.2) is 14.9 Å². The highest BCUT2D eigenvalue weighted by atomic mass is 35.5. The number of halogens is 1. The number of unbranched alkanes of at least 4 members (excludes halogenated alkanes) is 1. The predicted octanol–water partition coefficient (Wildman–Crippen LogP) is 4.63. The number of aromatic nitrogens is 4. The van der Waals surface area contributed by atoms with Gasteiger partial charge in [-0.05, 0) is 42.2 Å². The van der Waals surface area contributed by atoms with Crippen molar-refractivity contribution in [2.75, 3.05) is 12.3 Å². The van der Waals surface area contributed by atoms with Crippen molar-refractivity contribution in [3.05, 3.63) is 122 Å². The molecule has 1 amide bonds. The molecule has 5 aromatic rings. The van der Waals surface area contributed by atoms with Crippen molar-refractivity contribution in [1.29, 1.82) is 0 Å². The average Bonchev–Trinajstić information content (AvgIpc) is 3.48. The molecule has 0 spiro atoms. The number of nitrogens with zero attached hydrogens (tertiary/aromatic N) is 4. The van der Waals surface area contributed by atoms with E-state index in [0.717, 1.165) is 26.5 Å². The fourth-order valence-electron chi connectivity index (χ4n) is 5.38. The van der Waals surface area contributed by atoms with Crippen molar-refractivity contribution in [2.24, 2.45) is 0 Å². The van der Waals surface area contributed by atoms with E-state index in [1.54, 1.807) is 42.6 Å². The highest BCUT2D eigenvalue weighted by molar-refractivity contribution is 8.04. The summed E-state index contributed by atoms with van der Waals surface area (Å²) < 4.78 is 31.2. The maximum Gasteiger partial charge on any atom is 0.332 e. The van der Waals surface area contributed by atoms with Crippen molar-refractivity contribution in [2.45, 2.75) is 42.9 Å². The Labute approximate surface area is 276 Å². The molecule has 3 aromatic heterocycles. The third-order valence-electron chi connectivity index (χ3n) is 7.63. The van der Waals surface area contributed by atoms with Crippen LogP contribution in [0.3, 0.4) is 0 Å². The highest BCUT2D eigenvalue weighted by Crippen LogP contribution is 2.34. The lowest BCUT2D eigenvalue weighted by atomic mass is 10.1. The van der Waals surface area contributed by atoms with E-state index >= 15 is 0 Å². The second kappa shape index (κ2) is 13.9. The molecule has 0 unspecified atom stereocenters. The molecule has 1 N–H and O–H groups in total. The van der Waals surface area contributed by atoms with Gasteiger partial charge in [0.1, 0.15) is 5.65 Å². The summed E-state index contributed by atoms with van der Waals surface area (Å²) in [4.78, 5) is 45.7. The van der Waals surface area contributed by atoms with Crippen molar-refractivity contribution in [3.8, 4) is 11.1 Å².